The summed E-state index contributed by atoms with van der Waals surface area (Å²) in [4.78, 5) is 8.43. The summed E-state index contributed by atoms with van der Waals surface area (Å²) in [6.07, 6.45) is 3.49. The maximum absolute atomic E-state index is 5.96. The van der Waals surface area contributed by atoms with E-state index in [0.29, 0.717) is 18.1 Å². The van der Waals surface area contributed by atoms with Crippen LogP contribution in [0.2, 0.25) is 0 Å². The lowest BCUT2D eigenvalue weighted by Gasteiger charge is -2.10. The number of anilines is 2. The van der Waals surface area contributed by atoms with E-state index >= 15 is 0 Å². The molecule has 1 aromatic carbocycles. The first-order valence-corrected chi connectivity index (χ1v) is 6.64. The molecule has 0 atom stereocenters. The first-order valence-electron chi connectivity index (χ1n) is 6.64. The Labute approximate surface area is 122 Å². The van der Waals surface area contributed by atoms with E-state index in [-0.39, 0.29) is 0 Å². The van der Waals surface area contributed by atoms with Gasteiger partial charge in [-0.1, -0.05) is 12.1 Å². The second-order valence-corrected chi connectivity index (χ2v) is 4.66. The highest BCUT2D eigenvalue weighted by Gasteiger charge is 2.04. The smallest absolute Gasteiger partial charge is 0.213 e. The van der Waals surface area contributed by atoms with Gasteiger partial charge in [-0.2, -0.15) is 0 Å². The molecule has 0 amide bonds. The third-order valence-corrected chi connectivity index (χ3v) is 3.29. The Hall–Kier alpha value is -2.82. The van der Waals surface area contributed by atoms with Crippen LogP contribution in [0.4, 0.5) is 11.4 Å². The van der Waals surface area contributed by atoms with E-state index in [1.807, 2.05) is 36.4 Å². The number of nitrogens with one attached hydrogen (secondary N) is 1. The molecule has 5 nitrogen and oxygen atoms in total. The number of ether oxygens (including phenoxy) is 1. The second-order valence-electron chi connectivity index (χ2n) is 4.66. The van der Waals surface area contributed by atoms with E-state index in [4.69, 9.17) is 10.5 Å². The molecule has 0 bridgehead atoms. The number of aromatic nitrogens is 2. The van der Waals surface area contributed by atoms with Crippen LogP contribution in [0.15, 0.2) is 48.8 Å². The van der Waals surface area contributed by atoms with Crippen molar-refractivity contribution in [2.75, 3.05) is 18.2 Å². The van der Waals surface area contributed by atoms with Crippen LogP contribution in [0.5, 0.6) is 5.88 Å². The van der Waals surface area contributed by atoms with E-state index in [1.165, 1.54) is 0 Å². The van der Waals surface area contributed by atoms with Crippen molar-refractivity contribution in [3.8, 4) is 5.88 Å². The van der Waals surface area contributed by atoms with Gasteiger partial charge in [-0.3, -0.25) is 4.98 Å². The minimum Gasteiger partial charge on any atom is -0.481 e. The fraction of sp³-hybridized carbons (Fsp3) is 0.125. The minimum atomic E-state index is 0.609. The van der Waals surface area contributed by atoms with Crippen molar-refractivity contribution >= 4 is 22.3 Å². The van der Waals surface area contributed by atoms with Crippen LogP contribution < -0.4 is 15.8 Å². The monoisotopic (exact) mass is 280 g/mol. The predicted octanol–water partition coefficient (Wildman–Crippen LogP) is 2.83. The number of para-hydroxylation sites is 1. The molecule has 3 rings (SSSR count). The van der Waals surface area contributed by atoms with Crippen molar-refractivity contribution in [1.29, 1.82) is 0 Å². The zero-order valence-electron chi connectivity index (χ0n) is 11.7. The first kappa shape index (κ1) is 13.2. The van der Waals surface area contributed by atoms with Gasteiger partial charge in [0.1, 0.15) is 0 Å². The number of nitrogen functional groups attached to an aromatic ring is 1. The number of pyridine rings is 2. The number of hydrogen-bond donors (Lipinski definition) is 2. The molecular weight excluding hydrogens is 264 g/mol. The molecule has 0 unspecified atom stereocenters. The van der Waals surface area contributed by atoms with Crippen LogP contribution >= 0.6 is 0 Å². The molecule has 3 N–H and O–H groups in total. The summed E-state index contributed by atoms with van der Waals surface area (Å²) in [7, 11) is 1.61. The Balaban J connectivity index is 1.87. The molecule has 21 heavy (non-hydrogen) atoms. The number of benzene rings is 1. The number of nitrogens with zero attached hydrogens (tertiary/aromatic N) is 2. The van der Waals surface area contributed by atoms with Gasteiger partial charge in [0.05, 0.1) is 18.3 Å². The molecule has 0 aliphatic rings. The third kappa shape index (κ3) is 2.72. The van der Waals surface area contributed by atoms with E-state index in [1.54, 1.807) is 19.5 Å². The van der Waals surface area contributed by atoms with Crippen LogP contribution in [-0.2, 0) is 6.54 Å². The first-order chi connectivity index (χ1) is 10.3. The average Bonchev–Trinajstić information content (AvgIpc) is 2.53. The summed E-state index contributed by atoms with van der Waals surface area (Å²) in [5, 5.41) is 4.42. The molecule has 0 aliphatic heterocycles. The van der Waals surface area contributed by atoms with Crippen LogP contribution in [0, 0.1) is 0 Å². The molecule has 0 radical (unpaired) electrons. The maximum Gasteiger partial charge on any atom is 0.213 e. The molecule has 0 saturated heterocycles. The summed E-state index contributed by atoms with van der Waals surface area (Å²) >= 11 is 0. The Kier molecular flexibility index (Phi) is 3.55. The number of hydrogen-bond acceptors (Lipinski definition) is 5. The number of rotatable bonds is 4. The Morgan fingerprint density at radius 3 is 2.86 bits per heavy atom. The van der Waals surface area contributed by atoms with E-state index in [0.717, 1.165) is 22.2 Å². The van der Waals surface area contributed by atoms with Gasteiger partial charge in [0, 0.05) is 36.1 Å². The lowest BCUT2D eigenvalue weighted by Crippen LogP contribution is -2.02. The maximum atomic E-state index is 5.96. The summed E-state index contributed by atoms with van der Waals surface area (Å²) < 4.78 is 5.13. The fourth-order valence-corrected chi connectivity index (χ4v) is 2.22. The molecule has 5 heteroatoms. The third-order valence-electron chi connectivity index (χ3n) is 3.29. The number of methoxy groups -OCH3 is 1. The Bertz CT molecular complexity index is 773. The minimum absolute atomic E-state index is 0.609. The number of fused-ring (bicyclic) bond motifs is 1. The van der Waals surface area contributed by atoms with Gasteiger partial charge in [0.2, 0.25) is 5.88 Å². The molecule has 2 aromatic heterocycles. The van der Waals surface area contributed by atoms with Crippen LogP contribution in [0.1, 0.15) is 5.56 Å². The van der Waals surface area contributed by atoms with Crippen LogP contribution in [0.25, 0.3) is 10.9 Å². The average molecular weight is 280 g/mol. The van der Waals surface area contributed by atoms with Crippen molar-refractivity contribution in [2.24, 2.45) is 0 Å². The quantitative estimate of drug-likeness (QED) is 0.719. The summed E-state index contributed by atoms with van der Waals surface area (Å²) in [6.45, 7) is 0.673. The summed E-state index contributed by atoms with van der Waals surface area (Å²) in [6, 6.07) is 11.6. The lowest BCUT2D eigenvalue weighted by atomic mass is 10.1. The van der Waals surface area contributed by atoms with Gasteiger partial charge in [0.25, 0.3) is 0 Å². The summed E-state index contributed by atoms with van der Waals surface area (Å²) in [5.41, 5.74) is 9.55. The van der Waals surface area contributed by atoms with Crippen molar-refractivity contribution in [3.05, 3.63) is 54.4 Å². The zero-order valence-corrected chi connectivity index (χ0v) is 11.7. The molecule has 0 saturated carbocycles. The zero-order chi connectivity index (χ0) is 14.7. The lowest BCUT2D eigenvalue weighted by molar-refractivity contribution is 0.397. The SMILES string of the molecule is COc1cc(CNc2ccnc3c(N)cccc23)ccn1. The highest BCUT2D eigenvalue weighted by atomic mass is 16.5. The molecule has 0 fully saturated rings. The van der Waals surface area contributed by atoms with Crippen molar-refractivity contribution in [2.45, 2.75) is 6.54 Å². The van der Waals surface area contributed by atoms with Gasteiger partial charge in [-0.15, -0.1) is 0 Å². The van der Waals surface area contributed by atoms with Crippen LogP contribution in [-0.4, -0.2) is 17.1 Å². The second kappa shape index (κ2) is 5.66. The Morgan fingerprint density at radius 1 is 1.14 bits per heavy atom. The summed E-state index contributed by atoms with van der Waals surface area (Å²) in [5.74, 6) is 0.609. The highest BCUT2D eigenvalue weighted by Crippen LogP contribution is 2.25. The molecule has 0 aliphatic carbocycles. The van der Waals surface area contributed by atoms with E-state index in [9.17, 15) is 0 Å². The van der Waals surface area contributed by atoms with Gasteiger partial charge < -0.3 is 15.8 Å². The van der Waals surface area contributed by atoms with E-state index < -0.39 is 0 Å². The van der Waals surface area contributed by atoms with E-state index in [2.05, 4.69) is 15.3 Å². The molecule has 3 aromatic rings. The fourth-order valence-electron chi connectivity index (χ4n) is 2.22. The molecular formula is C16H16N4O. The van der Waals surface area contributed by atoms with Gasteiger partial charge in [-0.25, -0.2) is 4.98 Å². The molecule has 0 spiro atoms. The van der Waals surface area contributed by atoms with Gasteiger partial charge in [-0.05, 0) is 23.8 Å². The van der Waals surface area contributed by atoms with Crippen molar-refractivity contribution in [1.82, 2.24) is 9.97 Å². The van der Waals surface area contributed by atoms with Crippen molar-refractivity contribution in [3.63, 3.8) is 0 Å². The Morgan fingerprint density at radius 2 is 2.00 bits per heavy atom. The van der Waals surface area contributed by atoms with Crippen molar-refractivity contribution < 1.29 is 4.74 Å². The molecule has 2 heterocycles. The van der Waals surface area contributed by atoms with Crippen LogP contribution in [0.3, 0.4) is 0 Å². The number of nitrogens with two attached hydrogens (primary N) is 1. The van der Waals surface area contributed by atoms with Gasteiger partial charge >= 0.3 is 0 Å². The standard InChI is InChI=1S/C16H16N4O/c1-21-15-9-11(5-7-18-15)10-20-14-6-8-19-16-12(14)3-2-4-13(16)17/h2-9H,10,17H2,1H3,(H,19,20). The largest absolute Gasteiger partial charge is 0.481 e. The van der Waals surface area contributed by atoms with Gasteiger partial charge in [0.15, 0.2) is 0 Å². The highest BCUT2D eigenvalue weighted by molar-refractivity contribution is 5.97. The molecule has 106 valence electrons. The normalized spacial score (nSPS) is 10.5. The topological polar surface area (TPSA) is 73.1 Å². The predicted molar refractivity (Wildman–Crippen MR) is 84.3 cm³/mol.